The highest BCUT2D eigenvalue weighted by atomic mass is 79.9. The zero-order valence-corrected chi connectivity index (χ0v) is 18.9. The summed E-state index contributed by atoms with van der Waals surface area (Å²) in [5, 5.41) is 0. The monoisotopic (exact) mass is 522 g/mol. The fourth-order valence-electron chi connectivity index (χ4n) is 4.12. The molecule has 2 aliphatic rings. The Balaban J connectivity index is 2.10. The summed E-state index contributed by atoms with van der Waals surface area (Å²) in [7, 11) is 0. The quantitative estimate of drug-likeness (QED) is 0.364. The van der Waals surface area contributed by atoms with Crippen molar-refractivity contribution in [2.75, 3.05) is 0 Å². The van der Waals surface area contributed by atoms with Gasteiger partial charge in [0, 0.05) is 28.1 Å². The second-order valence-corrected chi connectivity index (χ2v) is 11.1. The number of benzene rings is 1. The number of carbonyl (C=O) groups is 1. The van der Waals surface area contributed by atoms with Gasteiger partial charge in [-0.25, -0.2) is 0 Å². The zero-order chi connectivity index (χ0) is 17.9. The van der Waals surface area contributed by atoms with Gasteiger partial charge < -0.3 is 9.47 Å². The van der Waals surface area contributed by atoms with Gasteiger partial charge in [0.25, 0.3) is 0 Å². The predicted molar refractivity (Wildman–Crippen MR) is 105 cm³/mol. The Kier molecular flexibility index (Phi) is 4.67. The summed E-state index contributed by atoms with van der Waals surface area (Å²) >= 11 is 11.3. The van der Waals surface area contributed by atoms with E-state index < -0.39 is 9.93 Å². The summed E-state index contributed by atoms with van der Waals surface area (Å²) in [6, 6.07) is 6.11. The topological polar surface area (TPSA) is 35.5 Å². The van der Waals surface area contributed by atoms with E-state index in [-0.39, 0.29) is 22.3 Å². The van der Waals surface area contributed by atoms with Crippen molar-refractivity contribution >= 4 is 53.8 Å². The molecule has 132 valence electrons. The van der Waals surface area contributed by atoms with Crippen LogP contribution in [0.25, 0.3) is 0 Å². The third kappa shape index (κ3) is 2.59. The molecule has 1 aliphatic heterocycles. The molecule has 1 aromatic rings. The molecule has 1 aromatic carbocycles. The minimum atomic E-state index is -0.532. The molecule has 3 nitrogen and oxygen atoms in total. The molecule has 3 rings (SSSR count). The van der Waals surface area contributed by atoms with Crippen LogP contribution in [-0.4, -0.2) is 26.8 Å². The van der Waals surface area contributed by atoms with Crippen molar-refractivity contribution < 1.29 is 14.3 Å². The van der Waals surface area contributed by atoms with Crippen LogP contribution in [0.4, 0.5) is 0 Å². The second-order valence-electron chi connectivity index (χ2n) is 7.46. The number of hydrogen-bond acceptors (Lipinski definition) is 3. The standard InChI is InChI=1S/C18H21Br3O3/c1-10(22)23-15-8-14(20)16(2,3)18(17(15,4)21)9-11-7-12(19)5-6-13(11)24-18/h5-7,14-15H,8-9H2,1-4H3/t14-,15-,17+,18+/m0/s1. The normalized spacial score (nSPS) is 37.0. The molecule has 0 saturated heterocycles. The van der Waals surface area contributed by atoms with Gasteiger partial charge in [-0.3, -0.25) is 4.79 Å². The third-order valence-electron chi connectivity index (χ3n) is 5.69. The number of hydrogen-bond donors (Lipinski definition) is 0. The molecule has 0 aromatic heterocycles. The maximum Gasteiger partial charge on any atom is 0.302 e. The summed E-state index contributed by atoms with van der Waals surface area (Å²) in [6.45, 7) is 7.98. The van der Waals surface area contributed by atoms with Crippen LogP contribution in [0.3, 0.4) is 0 Å². The lowest BCUT2D eigenvalue weighted by molar-refractivity contribution is -0.164. The van der Waals surface area contributed by atoms with Crippen molar-refractivity contribution in [3.8, 4) is 5.75 Å². The van der Waals surface area contributed by atoms with Crippen LogP contribution in [0, 0.1) is 5.41 Å². The Hall–Kier alpha value is -0.0700. The van der Waals surface area contributed by atoms with Crippen LogP contribution in [0.1, 0.15) is 39.7 Å². The summed E-state index contributed by atoms with van der Waals surface area (Å²) in [5.74, 6) is 0.638. The van der Waals surface area contributed by atoms with Gasteiger partial charge in [-0.2, -0.15) is 0 Å². The van der Waals surface area contributed by atoms with Gasteiger partial charge in [0.2, 0.25) is 0 Å². The van der Waals surface area contributed by atoms with E-state index in [0.29, 0.717) is 0 Å². The number of esters is 1. The van der Waals surface area contributed by atoms with Gasteiger partial charge >= 0.3 is 5.97 Å². The van der Waals surface area contributed by atoms with Gasteiger partial charge in [0.15, 0.2) is 0 Å². The van der Waals surface area contributed by atoms with Gasteiger partial charge in [-0.1, -0.05) is 61.6 Å². The van der Waals surface area contributed by atoms with Crippen molar-refractivity contribution in [3.63, 3.8) is 0 Å². The van der Waals surface area contributed by atoms with Crippen LogP contribution < -0.4 is 4.74 Å². The molecule has 1 fully saturated rings. The first-order valence-electron chi connectivity index (χ1n) is 7.99. The van der Waals surface area contributed by atoms with E-state index in [1.54, 1.807) is 0 Å². The highest BCUT2D eigenvalue weighted by molar-refractivity contribution is 9.10. The molecule has 1 spiro atoms. The Labute approximate surface area is 168 Å². The molecular formula is C18H21Br3O3. The van der Waals surface area contributed by atoms with Crippen molar-refractivity contribution in [1.82, 2.24) is 0 Å². The van der Waals surface area contributed by atoms with Crippen LogP contribution >= 0.6 is 47.8 Å². The van der Waals surface area contributed by atoms with E-state index in [1.165, 1.54) is 12.5 Å². The molecule has 0 unspecified atom stereocenters. The molecular weight excluding hydrogens is 504 g/mol. The van der Waals surface area contributed by atoms with Crippen molar-refractivity contribution in [1.29, 1.82) is 0 Å². The second kappa shape index (κ2) is 5.98. The maximum absolute atomic E-state index is 11.6. The van der Waals surface area contributed by atoms with Crippen LogP contribution in [0.15, 0.2) is 22.7 Å². The molecule has 4 atom stereocenters. The first-order valence-corrected chi connectivity index (χ1v) is 10.5. The maximum atomic E-state index is 11.6. The van der Waals surface area contributed by atoms with Crippen molar-refractivity contribution in [2.24, 2.45) is 5.41 Å². The van der Waals surface area contributed by atoms with Crippen molar-refractivity contribution in [3.05, 3.63) is 28.2 Å². The summed E-state index contributed by atoms with van der Waals surface area (Å²) in [6.07, 6.45) is 1.22. The Morgan fingerprint density at radius 3 is 2.62 bits per heavy atom. The van der Waals surface area contributed by atoms with E-state index in [2.05, 4.69) is 74.6 Å². The number of alkyl halides is 2. The Morgan fingerprint density at radius 1 is 1.33 bits per heavy atom. The number of halogens is 3. The van der Waals surface area contributed by atoms with E-state index in [9.17, 15) is 4.79 Å². The molecule has 0 radical (unpaired) electrons. The smallest absolute Gasteiger partial charge is 0.302 e. The zero-order valence-electron chi connectivity index (χ0n) is 14.2. The molecule has 0 amide bonds. The van der Waals surface area contributed by atoms with E-state index >= 15 is 0 Å². The van der Waals surface area contributed by atoms with Gasteiger partial charge in [0.05, 0.1) is 0 Å². The van der Waals surface area contributed by atoms with E-state index in [1.807, 2.05) is 12.1 Å². The Bertz CT molecular complexity index is 686. The minimum absolute atomic E-state index is 0.165. The number of fused-ring (bicyclic) bond motifs is 1. The molecule has 0 bridgehead atoms. The van der Waals surface area contributed by atoms with Gasteiger partial charge in [0.1, 0.15) is 21.8 Å². The average molecular weight is 525 g/mol. The lowest BCUT2D eigenvalue weighted by atomic mass is 9.58. The lowest BCUT2D eigenvalue weighted by Crippen LogP contribution is -2.72. The fraction of sp³-hybridized carbons (Fsp3) is 0.611. The largest absolute Gasteiger partial charge is 0.484 e. The summed E-state index contributed by atoms with van der Waals surface area (Å²) in [4.78, 5) is 11.8. The molecule has 6 heteroatoms. The average Bonchev–Trinajstić information content (AvgIpc) is 2.85. The molecule has 1 heterocycles. The molecule has 24 heavy (non-hydrogen) atoms. The van der Waals surface area contributed by atoms with E-state index in [0.717, 1.165) is 23.1 Å². The summed E-state index contributed by atoms with van der Waals surface area (Å²) < 4.78 is 12.8. The van der Waals surface area contributed by atoms with Gasteiger partial charge in [-0.05, 0) is 37.1 Å². The van der Waals surface area contributed by atoms with Crippen molar-refractivity contribution in [2.45, 2.75) is 61.4 Å². The Morgan fingerprint density at radius 2 is 2.00 bits per heavy atom. The molecule has 1 aliphatic carbocycles. The highest BCUT2D eigenvalue weighted by Crippen LogP contribution is 2.62. The SMILES string of the molecule is CC(=O)O[C@H]1C[C@H](Br)C(C)(C)[C@]2(Cc3cc(Br)ccc3O2)[C@]1(C)Br. The highest BCUT2D eigenvalue weighted by Gasteiger charge is 2.69. The van der Waals surface area contributed by atoms with Crippen LogP contribution in [-0.2, 0) is 16.0 Å². The number of ether oxygens (including phenoxy) is 2. The van der Waals surface area contributed by atoms with Gasteiger partial charge in [-0.15, -0.1) is 0 Å². The molecule has 1 saturated carbocycles. The summed E-state index contributed by atoms with van der Waals surface area (Å²) in [5.41, 5.74) is 0.467. The third-order valence-corrected chi connectivity index (χ3v) is 8.86. The number of rotatable bonds is 1. The lowest BCUT2D eigenvalue weighted by Gasteiger charge is -2.59. The first kappa shape index (κ1) is 18.7. The first-order chi connectivity index (χ1) is 11.0. The predicted octanol–water partition coefficient (Wildman–Crippen LogP) is 5.40. The van der Waals surface area contributed by atoms with E-state index in [4.69, 9.17) is 9.47 Å². The van der Waals surface area contributed by atoms with Crippen LogP contribution in [0.2, 0.25) is 0 Å². The fourth-order valence-corrected chi connectivity index (χ4v) is 6.25. The molecule has 0 N–H and O–H groups in total. The van der Waals surface area contributed by atoms with Crippen LogP contribution in [0.5, 0.6) is 5.75 Å². The minimum Gasteiger partial charge on any atom is -0.484 e. The number of carbonyl (C=O) groups excluding carboxylic acids is 1.